The predicted molar refractivity (Wildman–Crippen MR) is 118 cm³/mol. The Balaban J connectivity index is 1.32. The zero-order chi connectivity index (χ0) is 21.9. The molecule has 1 aliphatic heterocycles. The van der Waals surface area contributed by atoms with Crippen LogP contribution in [0.3, 0.4) is 0 Å². The molecule has 7 heteroatoms. The van der Waals surface area contributed by atoms with Crippen molar-refractivity contribution in [3.05, 3.63) is 47.9 Å². The molecule has 5 atom stereocenters. The summed E-state index contributed by atoms with van der Waals surface area (Å²) in [4.78, 5) is 13.1. The Kier molecular flexibility index (Phi) is 6.48. The number of carbonyl (C=O) groups excluding carboxylic acids is 1. The van der Waals surface area contributed by atoms with Crippen molar-refractivity contribution in [2.45, 2.75) is 50.4 Å². The van der Waals surface area contributed by atoms with Gasteiger partial charge in [-0.25, -0.2) is 0 Å². The Morgan fingerprint density at radius 2 is 2.03 bits per heavy atom. The van der Waals surface area contributed by atoms with Crippen molar-refractivity contribution in [3.8, 4) is 0 Å². The summed E-state index contributed by atoms with van der Waals surface area (Å²) in [6.45, 7) is 0.933. The maximum atomic E-state index is 13.1. The number of amides is 1. The number of aliphatic hydroxyl groups is 1. The van der Waals surface area contributed by atoms with Gasteiger partial charge in [-0.2, -0.15) is 0 Å². The van der Waals surface area contributed by atoms with Crippen LogP contribution in [0.5, 0.6) is 0 Å². The number of rotatable bonds is 9. The van der Waals surface area contributed by atoms with E-state index in [0.717, 1.165) is 28.9 Å². The van der Waals surface area contributed by atoms with Crippen molar-refractivity contribution in [3.63, 3.8) is 0 Å². The van der Waals surface area contributed by atoms with E-state index in [1.165, 1.54) is 19.3 Å². The third kappa shape index (κ3) is 4.56. The molecule has 0 saturated heterocycles. The molecule has 0 spiro atoms. The number of benzene rings is 1. The Hall–Kier alpha value is -2.35. The highest BCUT2D eigenvalue weighted by atomic mass is 16.7. The Bertz CT molecular complexity index is 968. The summed E-state index contributed by atoms with van der Waals surface area (Å²) in [5, 5.41) is 13.1. The first-order valence-electron chi connectivity index (χ1n) is 11.7. The third-order valence-corrected chi connectivity index (χ3v) is 7.01. The standard InChI is InChI=1S/C25H31NO6/c27-7-8-29-9-10-30-24-14-18(20-15-31-22-4-2-1-3-19(20)22)13-23(32-24)25(28)26-21-12-16-5-6-17(21)11-16/h1-4,13,15-18,21,24,27H,5-12,14H2,(H,26,28). The van der Waals surface area contributed by atoms with Crippen LogP contribution in [0, 0.1) is 11.8 Å². The lowest BCUT2D eigenvalue weighted by molar-refractivity contribution is -0.151. The van der Waals surface area contributed by atoms with Crippen molar-refractivity contribution >= 4 is 16.9 Å². The molecule has 2 bridgehead atoms. The highest BCUT2D eigenvalue weighted by molar-refractivity contribution is 5.92. The molecule has 2 fully saturated rings. The summed E-state index contributed by atoms with van der Waals surface area (Å²) in [6.07, 6.45) is 8.49. The Morgan fingerprint density at radius 1 is 1.12 bits per heavy atom. The molecule has 5 rings (SSSR count). The smallest absolute Gasteiger partial charge is 0.286 e. The molecule has 2 N–H and O–H groups in total. The van der Waals surface area contributed by atoms with Crippen molar-refractivity contribution in [1.82, 2.24) is 5.32 Å². The van der Waals surface area contributed by atoms with Gasteiger partial charge in [0, 0.05) is 29.3 Å². The molecule has 7 nitrogen and oxygen atoms in total. The number of hydrogen-bond acceptors (Lipinski definition) is 6. The zero-order valence-electron chi connectivity index (χ0n) is 18.2. The number of hydrogen-bond donors (Lipinski definition) is 2. The van der Waals surface area contributed by atoms with E-state index in [1.54, 1.807) is 6.26 Å². The molecule has 2 aliphatic carbocycles. The van der Waals surface area contributed by atoms with Crippen LogP contribution >= 0.6 is 0 Å². The monoisotopic (exact) mass is 441 g/mol. The fourth-order valence-corrected chi connectivity index (χ4v) is 5.49. The molecule has 1 aromatic carbocycles. The minimum Gasteiger partial charge on any atom is -0.464 e. The van der Waals surface area contributed by atoms with Crippen LogP contribution < -0.4 is 5.32 Å². The average Bonchev–Trinajstić information content (AvgIpc) is 3.54. The summed E-state index contributed by atoms with van der Waals surface area (Å²) in [6, 6.07) is 8.15. The lowest BCUT2D eigenvalue weighted by Crippen LogP contribution is -2.41. The molecule has 32 heavy (non-hydrogen) atoms. The average molecular weight is 442 g/mol. The zero-order valence-corrected chi connectivity index (χ0v) is 18.2. The minimum absolute atomic E-state index is 0.0222. The fraction of sp³-hybridized carbons (Fsp3) is 0.560. The molecule has 1 aromatic heterocycles. The number of fused-ring (bicyclic) bond motifs is 3. The number of carbonyl (C=O) groups is 1. The van der Waals surface area contributed by atoms with Gasteiger partial charge in [0.1, 0.15) is 5.58 Å². The number of aliphatic hydroxyl groups excluding tert-OH is 1. The van der Waals surface area contributed by atoms with Crippen LogP contribution in [0.4, 0.5) is 0 Å². The van der Waals surface area contributed by atoms with E-state index in [2.05, 4.69) is 5.32 Å². The summed E-state index contributed by atoms with van der Waals surface area (Å²) in [5.74, 6) is 1.45. The fourth-order valence-electron chi connectivity index (χ4n) is 5.49. The number of allylic oxidation sites excluding steroid dienone is 1. The highest BCUT2D eigenvalue weighted by Crippen LogP contribution is 2.44. The van der Waals surface area contributed by atoms with Crippen LogP contribution in [-0.2, 0) is 19.0 Å². The van der Waals surface area contributed by atoms with Crippen LogP contribution in [-0.4, -0.2) is 49.8 Å². The second-order valence-corrected chi connectivity index (χ2v) is 9.07. The van der Waals surface area contributed by atoms with E-state index in [1.807, 2.05) is 30.3 Å². The van der Waals surface area contributed by atoms with Gasteiger partial charge in [0.05, 0.1) is 32.7 Å². The minimum atomic E-state index is -0.558. The molecule has 1 amide bonds. The number of furan rings is 1. The second-order valence-electron chi connectivity index (χ2n) is 9.07. The topological polar surface area (TPSA) is 90.2 Å². The van der Waals surface area contributed by atoms with Crippen molar-refractivity contribution < 1.29 is 28.5 Å². The summed E-state index contributed by atoms with van der Waals surface area (Å²) in [5.41, 5.74) is 1.85. The van der Waals surface area contributed by atoms with Gasteiger partial charge >= 0.3 is 0 Å². The van der Waals surface area contributed by atoms with Gasteiger partial charge in [-0.15, -0.1) is 0 Å². The first-order chi connectivity index (χ1) is 15.7. The molecule has 3 aliphatic rings. The van der Waals surface area contributed by atoms with Crippen LogP contribution in [0.1, 0.15) is 43.6 Å². The van der Waals surface area contributed by atoms with Gasteiger partial charge in [-0.1, -0.05) is 24.6 Å². The summed E-state index contributed by atoms with van der Waals surface area (Å²) in [7, 11) is 0. The molecule has 172 valence electrons. The molecule has 2 saturated carbocycles. The third-order valence-electron chi connectivity index (χ3n) is 7.01. The van der Waals surface area contributed by atoms with Crippen molar-refractivity contribution in [1.29, 1.82) is 0 Å². The maximum absolute atomic E-state index is 13.1. The van der Waals surface area contributed by atoms with Crippen molar-refractivity contribution in [2.24, 2.45) is 11.8 Å². The lowest BCUT2D eigenvalue weighted by atomic mass is 9.92. The first-order valence-corrected chi connectivity index (χ1v) is 11.7. The van der Waals surface area contributed by atoms with Gasteiger partial charge in [-0.05, 0) is 43.2 Å². The summed E-state index contributed by atoms with van der Waals surface area (Å²) >= 11 is 0. The largest absolute Gasteiger partial charge is 0.464 e. The van der Waals surface area contributed by atoms with Crippen LogP contribution in [0.2, 0.25) is 0 Å². The first kappa shape index (κ1) is 21.5. The number of ether oxygens (including phenoxy) is 3. The van der Waals surface area contributed by atoms with E-state index in [0.29, 0.717) is 31.3 Å². The summed E-state index contributed by atoms with van der Waals surface area (Å²) < 4.78 is 22.9. The van der Waals surface area contributed by atoms with Crippen molar-refractivity contribution in [2.75, 3.05) is 26.4 Å². The predicted octanol–water partition coefficient (Wildman–Crippen LogP) is 3.48. The van der Waals surface area contributed by atoms with E-state index < -0.39 is 6.29 Å². The number of nitrogens with one attached hydrogen (secondary N) is 1. The highest BCUT2D eigenvalue weighted by Gasteiger charge is 2.41. The van der Waals surface area contributed by atoms with Gasteiger partial charge in [0.25, 0.3) is 5.91 Å². The molecule has 0 radical (unpaired) electrons. The van der Waals surface area contributed by atoms with Gasteiger partial charge in [0.15, 0.2) is 5.76 Å². The maximum Gasteiger partial charge on any atom is 0.286 e. The molecule has 2 heterocycles. The van der Waals surface area contributed by atoms with Crippen LogP contribution in [0.25, 0.3) is 11.0 Å². The molecular formula is C25H31NO6. The van der Waals surface area contributed by atoms with E-state index >= 15 is 0 Å². The normalized spacial score (nSPS) is 29.2. The lowest BCUT2D eigenvalue weighted by Gasteiger charge is -2.30. The molecule has 5 unspecified atom stereocenters. The van der Waals surface area contributed by atoms with E-state index in [9.17, 15) is 4.79 Å². The van der Waals surface area contributed by atoms with Crippen LogP contribution in [0.15, 0.2) is 46.8 Å². The second kappa shape index (κ2) is 9.65. The van der Waals surface area contributed by atoms with Gasteiger partial charge < -0.3 is 29.1 Å². The SMILES string of the molecule is O=C(NC1CC2CCC1C2)C1=CC(c2coc3ccccc23)CC(OCCOCCO)O1. The van der Waals surface area contributed by atoms with E-state index in [-0.39, 0.29) is 31.1 Å². The van der Waals surface area contributed by atoms with Gasteiger partial charge in [-0.3, -0.25) is 4.79 Å². The Morgan fingerprint density at radius 3 is 2.84 bits per heavy atom. The van der Waals surface area contributed by atoms with E-state index in [4.69, 9.17) is 23.7 Å². The Labute approximate surface area is 187 Å². The quantitative estimate of drug-likeness (QED) is 0.579. The van der Waals surface area contributed by atoms with Gasteiger partial charge in [0.2, 0.25) is 6.29 Å². The molecule has 2 aromatic rings. The molecular weight excluding hydrogens is 410 g/mol. The number of para-hydroxylation sites is 1.